The van der Waals surface area contributed by atoms with Crippen molar-refractivity contribution in [2.24, 2.45) is 0 Å². The Balaban J connectivity index is 2.53. The number of amides is 1. The lowest BCUT2D eigenvalue weighted by Crippen LogP contribution is -2.35. The summed E-state index contributed by atoms with van der Waals surface area (Å²) >= 11 is 0. The predicted molar refractivity (Wildman–Crippen MR) is 63.9 cm³/mol. The van der Waals surface area contributed by atoms with E-state index in [1.807, 2.05) is 18.2 Å². The molecule has 0 bridgehead atoms. The van der Waals surface area contributed by atoms with Crippen molar-refractivity contribution in [2.75, 3.05) is 5.32 Å². The van der Waals surface area contributed by atoms with Crippen LogP contribution in [0.1, 0.15) is 33.3 Å². The summed E-state index contributed by atoms with van der Waals surface area (Å²) in [5, 5.41) is 2.92. The molecule has 1 amide bonds. The van der Waals surface area contributed by atoms with Crippen LogP contribution in [0, 0.1) is 0 Å². The van der Waals surface area contributed by atoms with Gasteiger partial charge >= 0.3 is 0 Å². The molecule has 86 valence electrons. The number of nitrogens with one attached hydrogen (secondary N) is 1. The van der Waals surface area contributed by atoms with Gasteiger partial charge in [0.1, 0.15) is 5.75 Å². The first-order chi connectivity index (χ1) is 7.39. The first-order valence-corrected chi connectivity index (χ1v) is 5.50. The fourth-order valence-electron chi connectivity index (χ4n) is 1.85. The molecule has 1 N–H and O–H groups in total. The third kappa shape index (κ3) is 1.77. The zero-order valence-electron chi connectivity index (χ0n) is 10.1. The molecule has 0 saturated heterocycles. The SMILES string of the molecule is CC1Oc2cccc(C(C)(C)C)c2NC1=O. The van der Waals surface area contributed by atoms with Crippen LogP contribution < -0.4 is 10.1 Å². The van der Waals surface area contributed by atoms with E-state index >= 15 is 0 Å². The van der Waals surface area contributed by atoms with Crippen LogP contribution in [0.15, 0.2) is 18.2 Å². The van der Waals surface area contributed by atoms with Gasteiger partial charge in [0.25, 0.3) is 5.91 Å². The molecule has 1 aromatic rings. The molecule has 0 spiro atoms. The van der Waals surface area contributed by atoms with Gasteiger partial charge in [-0.25, -0.2) is 0 Å². The van der Waals surface area contributed by atoms with Gasteiger partial charge in [-0.2, -0.15) is 0 Å². The largest absolute Gasteiger partial charge is 0.479 e. The second-order valence-corrected chi connectivity index (χ2v) is 5.18. The highest BCUT2D eigenvalue weighted by Gasteiger charge is 2.28. The fourth-order valence-corrected chi connectivity index (χ4v) is 1.85. The molecular weight excluding hydrogens is 202 g/mol. The molecule has 0 radical (unpaired) electrons. The Hall–Kier alpha value is -1.51. The summed E-state index contributed by atoms with van der Waals surface area (Å²) in [6, 6.07) is 5.88. The molecule has 0 aliphatic carbocycles. The van der Waals surface area contributed by atoms with Crippen molar-refractivity contribution in [3.63, 3.8) is 0 Å². The molecule has 0 fully saturated rings. The number of hydrogen-bond donors (Lipinski definition) is 1. The van der Waals surface area contributed by atoms with Gasteiger partial charge in [-0.15, -0.1) is 0 Å². The molecule has 1 unspecified atom stereocenters. The molecule has 1 aromatic carbocycles. The van der Waals surface area contributed by atoms with Crippen LogP contribution in [0.25, 0.3) is 0 Å². The zero-order valence-corrected chi connectivity index (χ0v) is 10.1. The Kier molecular flexibility index (Phi) is 2.41. The van der Waals surface area contributed by atoms with E-state index in [-0.39, 0.29) is 11.3 Å². The van der Waals surface area contributed by atoms with Crippen molar-refractivity contribution in [1.82, 2.24) is 0 Å². The average Bonchev–Trinajstić information content (AvgIpc) is 2.17. The summed E-state index contributed by atoms with van der Waals surface area (Å²) in [6.45, 7) is 8.11. The maximum absolute atomic E-state index is 11.6. The number of benzene rings is 1. The molecule has 1 aliphatic rings. The van der Waals surface area contributed by atoms with Crippen LogP contribution >= 0.6 is 0 Å². The van der Waals surface area contributed by atoms with Crippen LogP contribution in [-0.4, -0.2) is 12.0 Å². The lowest BCUT2D eigenvalue weighted by Gasteiger charge is -2.29. The summed E-state index contributed by atoms with van der Waals surface area (Å²) in [5.41, 5.74) is 1.91. The van der Waals surface area contributed by atoms with Gasteiger partial charge < -0.3 is 10.1 Å². The minimum atomic E-state index is -0.414. The Morgan fingerprint density at radius 1 is 1.31 bits per heavy atom. The highest BCUT2D eigenvalue weighted by molar-refractivity contribution is 5.98. The third-order valence-corrected chi connectivity index (χ3v) is 2.76. The molecule has 16 heavy (non-hydrogen) atoms. The van der Waals surface area contributed by atoms with E-state index < -0.39 is 6.10 Å². The highest BCUT2D eigenvalue weighted by atomic mass is 16.5. The third-order valence-electron chi connectivity index (χ3n) is 2.76. The first-order valence-electron chi connectivity index (χ1n) is 5.50. The lowest BCUT2D eigenvalue weighted by molar-refractivity contribution is -0.122. The maximum Gasteiger partial charge on any atom is 0.265 e. The van der Waals surface area contributed by atoms with Crippen molar-refractivity contribution in [2.45, 2.75) is 39.2 Å². The molecule has 2 rings (SSSR count). The number of para-hydroxylation sites is 1. The second-order valence-electron chi connectivity index (χ2n) is 5.18. The van der Waals surface area contributed by atoms with Crippen molar-refractivity contribution in [3.05, 3.63) is 23.8 Å². The summed E-state index contributed by atoms with van der Waals surface area (Å²) in [5.74, 6) is 0.684. The molecule has 1 heterocycles. The van der Waals surface area contributed by atoms with Crippen LogP contribution in [0.2, 0.25) is 0 Å². The standard InChI is InChI=1S/C13H17NO2/c1-8-12(15)14-11-9(13(2,3)4)6-5-7-10(11)16-8/h5-8H,1-4H3,(H,14,15). The van der Waals surface area contributed by atoms with E-state index in [0.717, 1.165) is 17.0 Å². The van der Waals surface area contributed by atoms with Gasteiger partial charge in [-0.3, -0.25) is 4.79 Å². The molecule has 1 atom stereocenters. The number of carbonyl (C=O) groups excluding carboxylic acids is 1. The molecule has 1 aliphatic heterocycles. The normalized spacial score (nSPS) is 19.8. The maximum atomic E-state index is 11.6. The topological polar surface area (TPSA) is 38.3 Å². The quantitative estimate of drug-likeness (QED) is 0.728. The zero-order chi connectivity index (χ0) is 11.9. The van der Waals surface area contributed by atoms with Crippen LogP contribution in [0.4, 0.5) is 5.69 Å². The Labute approximate surface area is 95.8 Å². The summed E-state index contributed by atoms with van der Waals surface area (Å²) in [7, 11) is 0. The van der Waals surface area contributed by atoms with E-state index in [1.54, 1.807) is 6.92 Å². The number of fused-ring (bicyclic) bond motifs is 1. The van der Waals surface area contributed by atoms with E-state index in [1.165, 1.54) is 0 Å². The number of ether oxygens (including phenoxy) is 1. The fraction of sp³-hybridized carbons (Fsp3) is 0.462. The minimum absolute atomic E-state index is 0.0113. The molecule has 0 saturated carbocycles. The van der Waals surface area contributed by atoms with E-state index in [4.69, 9.17) is 4.74 Å². The van der Waals surface area contributed by atoms with Crippen LogP contribution in [0.5, 0.6) is 5.75 Å². The molecule has 0 aromatic heterocycles. The van der Waals surface area contributed by atoms with Gasteiger partial charge in [-0.05, 0) is 24.0 Å². The van der Waals surface area contributed by atoms with Gasteiger partial charge in [0, 0.05) is 0 Å². The smallest absolute Gasteiger partial charge is 0.265 e. The first kappa shape index (κ1) is 11.0. The van der Waals surface area contributed by atoms with Crippen molar-refractivity contribution in [1.29, 1.82) is 0 Å². The van der Waals surface area contributed by atoms with Crippen LogP contribution in [-0.2, 0) is 10.2 Å². The van der Waals surface area contributed by atoms with Crippen molar-refractivity contribution < 1.29 is 9.53 Å². The van der Waals surface area contributed by atoms with Gasteiger partial charge in [-0.1, -0.05) is 32.9 Å². The number of anilines is 1. The van der Waals surface area contributed by atoms with E-state index in [9.17, 15) is 4.79 Å². The number of hydrogen-bond acceptors (Lipinski definition) is 2. The van der Waals surface area contributed by atoms with Crippen LogP contribution in [0.3, 0.4) is 0 Å². The number of rotatable bonds is 0. The van der Waals surface area contributed by atoms with Crippen molar-refractivity contribution in [3.8, 4) is 5.75 Å². The van der Waals surface area contributed by atoms with Crippen molar-refractivity contribution >= 4 is 11.6 Å². The highest BCUT2D eigenvalue weighted by Crippen LogP contribution is 2.38. The monoisotopic (exact) mass is 219 g/mol. The molecular formula is C13H17NO2. The summed E-state index contributed by atoms with van der Waals surface area (Å²) in [4.78, 5) is 11.6. The van der Waals surface area contributed by atoms with Gasteiger partial charge in [0.15, 0.2) is 6.10 Å². The minimum Gasteiger partial charge on any atom is -0.479 e. The lowest BCUT2D eigenvalue weighted by atomic mass is 9.85. The molecule has 3 heteroatoms. The average molecular weight is 219 g/mol. The van der Waals surface area contributed by atoms with E-state index in [2.05, 4.69) is 26.1 Å². The summed E-state index contributed by atoms with van der Waals surface area (Å²) < 4.78 is 5.57. The Morgan fingerprint density at radius 2 is 2.00 bits per heavy atom. The van der Waals surface area contributed by atoms with Gasteiger partial charge in [0.05, 0.1) is 5.69 Å². The Morgan fingerprint density at radius 3 is 2.62 bits per heavy atom. The predicted octanol–water partition coefficient (Wildman–Crippen LogP) is 2.70. The second kappa shape index (κ2) is 3.51. The number of carbonyl (C=O) groups is 1. The Bertz CT molecular complexity index is 432. The summed E-state index contributed by atoms with van der Waals surface area (Å²) in [6.07, 6.45) is -0.414. The van der Waals surface area contributed by atoms with E-state index in [0.29, 0.717) is 0 Å². The van der Waals surface area contributed by atoms with Gasteiger partial charge in [0.2, 0.25) is 0 Å². The molecule has 3 nitrogen and oxygen atoms in total.